The van der Waals surface area contributed by atoms with E-state index in [4.69, 9.17) is 4.52 Å². The molecule has 4 rings (SSSR count). The number of aromatic nitrogens is 1. The molecule has 1 aliphatic rings. The van der Waals surface area contributed by atoms with Gasteiger partial charge in [0.25, 0.3) is 15.9 Å². The van der Waals surface area contributed by atoms with Crippen molar-refractivity contribution in [2.45, 2.75) is 25.3 Å². The van der Waals surface area contributed by atoms with Crippen molar-refractivity contribution in [3.05, 3.63) is 77.2 Å². The molecule has 1 saturated heterocycles. The number of hydrogen-bond donors (Lipinski definition) is 0. The van der Waals surface area contributed by atoms with Crippen LogP contribution in [0.1, 0.15) is 27.4 Å². The Morgan fingerprint density at radius 2 is 1.64 bits per heavy atom. The number of nitrogens with zero attached hydrogens (tertiary/aromatic N) is 4. The topological polar surface area (TPSA) is 87.0 Å². The predicted octanol–water partition coefficient (Wildman–Crippen LogP) is 3.07. The zero-order valence-electron chi connectivity index (χ0n) is 19.1. The molecular weight excluding hydrogens is 440 g/mol. The summed E-state index contributed by atoms with van der Waals surface area (Å²) in [7, 11) is -2.16. The number of amides is 1. The van der Waals surface area contributed by atoms with Gasteiger partial charge in [0, 0.05) is 44.9 Å². The minimum atomic E-state index is -3.67. The summed E-state index contributed by atoms with van der Waals surface area (Å²) in [4.78, 5) is 17.2. The molecule has 1 amide bonds. The first-order valence-electron chi connectivity index (χ1n) is 10.8. The van der Waals surface area contributed by atoms with Crippen LogP contribution in [0, 0.1) is 13.8 Å². The Labute approximate surface area is 194 Å². The van der Waals surface area contributed by atoms with E-state index in [9.17, 15) is 13.2 Å². The first-order chi connectivity index (χ1) is 15.7. The van der Waals surface area contributed by atoms with E-state index in [0.717, 1.165) is 30.1 Å². The summed E-state index contributed by atoms with van der Waals surface area (Å²) >= 11 is 0. The molecule has 2 heterocycles. The van der Waals surface area contributed by atoms with Gasteiger partial charge in [0.15, 0.2) is 5.76 Å². The van der Waals surface area contributed by atoms with E-state index in [1.165, 1.54) is 11.4 Å². The second kappa shape index (κ2) is 9.36. The molecule has 0 unspecified atom stereocenters. The minimum absolute atomic E-state index is 0.0549. The highest BCUT2D eigenvalue weighted by Crippen LogP contribution is 2.23. The van der Waals surface area contributed by atoms with Gasteiger partial charge in [-0.15, -0.1) is 0 Å². The molecule has 9 heteroatoms. The van der Waals surface area contributed by atoms with Crippen LogP contribution in [0.3, 0.4) is 0 Å². The van der Waals surface area contributed by atoms with Crippen LogP contribution in [0.5, 0.6) is 0 Å². The molecule has 0 radical (unpaired) electrons. The summed E-state index contributed by atoms with van der Waals surface area (Å²) in [6, 6.07) is 15.4. The molecule has 0 aliphatic carbocycles. The lowest BCUT2D eigenvalue weighted by atomic mass is 10.1. The van der Waals surface area contributed by atoms with Crippen LogP contribution >= 0.6 is 0 Å². The number of carbonyl (C=O) groups is 1. The van der Waals surface area contributed by atoms with Crippen molar-refractivity contribution in [3.8, 4) is 0 Å². The zero-order chi connectivity index (χ0) is 23.6. The standard InChI is InChI=1S/C24H28N4O4S/c1-18-4-10-23(11-5-18)33(30,31)26(3)21-8-6-20(7-9-21)24(29)28-14-12-27(13-15-28)17-22-16-19(2)25-32-22/h4-11,16H,12-15,17H2,1-3H3. The van der Waals surface area contributed by atoms with Crippen LogP contribution in [0.15, 0.2) is 64.0 Å². The number of carbonyl (C=O) groups excluding carboxylic acids is 1. The molecule has 3 aromatic rings. The second-order valence-electron chi connectivity index (χ2n) is 8.34. The minimum Gasteiger partial charge on any atom is -0.360 e. The number of anilines is 1. The lowest BCUT2D eigenvalue weighted by molar-refractivity contribution is 0.0617. The van der Waals surface area contributed by atoms with E-state index in [-0.39, 0.29) is 10.8 Å². The van der Waals surface area contributed by atoms with Crippen molar-refractivity contribution in [3.63, 3.8) is 0 Å². The van der Waals surface area contributed by atoms with Crippen LogP contribution in [0.25, 0.3) is 0 Å². The maximum Gasteiger partial charge on any atom is 0.264 e. The molecule has 0 atom stereocenters. The molecule has 2 aromatic carbocycles. The highest BCUT2D eigenvalue weighted by atomic mass is 32.2. The van der Waals surface area contributed by atoms with Crippen LogP contribution in [0.2, 0.25) is 0 Å². The summed E-state index contributed by atoms with van der Waals surface area (Å²) in [5.74, 6) is 0.772. The Balaban J connectivity index is 1.37. The summed E-state index contributed by atoms with van der Waals surface area (Å²) in [6.07, 6.45) is 0. The van der Waals surface area contributed by atoms with Gasteiger partial charge in [-0.2, -0.15) is 0 Å². The molecule has 0 saturated carbocycles. The number of sulfonamides is 1. The monoisotopic (exact) mass is 468 g/mol. The van der Waals surface area contributed by atoms with E-state index in [1.54, 1.807) is 48.5 Å². The van der Waals surface area contributed by atoms with Crippen molar-refractivity contribution in [1.29, 1.82) is 0 Å². The number of piperazine rings is 1. The fourth-order valence-electron chi connectivity index (χ4n) is 3.82. The van der Waals surface area contributed by atoms with E-state index in [0.29, 0.717) is 30.9 Å². The number of rotatable bonds is 6. The van der Waals surface area contributed by atoms with Gasteiger partial charge in [0.1, 0.15) is 0 Å². The van der Waals surface area contributed by atoms with Gasteiger partial charge in [-0.3, -0.25) is 14.0 Å². The Kier molecular flexibility index (Phi) is 6.53. The van der Waals surface area contributed by atoms with Gasteiger partial charge in [0.05, 0.1) is 22.8 Å². The third-order valence-corrected chi connectivity index (χ3v) is 7.67. The molecule has 174 valence electrons. The van der Waals surface area contributed by atoms with Crippen LogP contribution in [0.4, 0.5) is 5.69 Å². The highest BCUT2D eigenvalue weighted by Gasteiger charge is 2.24. The van der Waals surface area contributed by atoms with Crippen molar-refractivity contribution >= 4 is 21.6 Å². The lowest BCUT2D eigenvalue weighted by Crippen LogP contribution is -2.48. The Bertz CT molecular complexity index is 1210. The summed E-state index contributed by atoms with van der Waals surface area (Å²) in [5.41, 5.74) is 2.89. The van der Waals surface area contributed by atoms with Crippen molar-refractivity contribution in [1.82, 2.24) is 15.0 Å². The third-order valence-electron chi connectivity index (χ3n) is 5.87. The molecule has 1 aliphatic heterocycles. The quantitative estimate of drug-likeness (QED) is 0.553. The second-order valence-corrected chi connectivity index (χ2v) is 10.3. The molecule has 1 fully saturated rings. The van der Waals surface area contributed by atoms with Gasteiger partial charge in [-0.25, -0.2) is 8.42 Å². The van der Waals surface area contributed by atoms with Gasteiger partial charge in [0.2, 0.25) is 0 Å². The first kappa shape index (κ1) is 23.0. The Morgan fingerprint density at radius 1 is 1.00 bits per heavy atom. The molecule has 8 nitrogen and oxygen atoms in total. The fourth-order valence-corrected chi connectivity index (χ4v) is 5.02. The third kappa shape index (κ3) is 5.09. The largest absolute Gasteiger partial charge is 0.360 e. The van der Waals surface area contributed by atoms with Crippen LogP contribution in [-0.2, 0) is 16.6 Å². The molecule has 0 spiro atoms. The molecule has 33 heavy (non-hydrogen) atoms. The molecule has 0 N–H and O–H groups in total. The summed E-state index contributed by atoms with van der Waals surface area (Å²) in [6.45, 7) is 7.23. The summed E-state index contributed by atoms with van der Waals surface area (Å²) < 4.78 is 32.3. The number of hydrogen-bond acceptors (Lipinski definition) is 6. The molecule has 1 aromatic heterocycles. The molecule has 0 bridgehead atoms. The number of aryl methyl sites for hydroxylation is 2. The van der Waals surface area contributed by atoms with Crippen molar-refractivity contribution in [2.24, 2.45) is 0 Å². The lowest BCUT2D eigenvalue weighted by Gasteiger charge is -2.34. The predicted molar refractivity (Wildman–Crippen MR) is 126 cm³/mol. The van der Waals surface area contributed by atoms with E-state index in [1.807, 2.05) is 24.8 Å². The normalized spacial score (nSPS) is 14.9. The van der Waals surface area contributed by atoms with Crippen LogP contribution < -0.4 is 4.31 Å². The fraction of sp³-hybridized carbons (Fsp3) is 0.333. The van der Waals surface area contributed by atoms with E-state index >= 15 is 0 Å². The first-order valence-corrected chi connectivity index (χ1v) is 12.3. The van der Waals surface area contributed by atoms with Crippen LogP contribution in [-0.4, -0.2) is 62.5 Å². The zero-order valence-corrected chi connectivity index (χ0v) is 19.9. The Hall–Kier alpha value is -3.17. The maximum atomic E-state index is 12.9. The van der Waals surface area contributed by atoms with E-state index < -0.39 is 10.0 Å². The summed E-state index contributed by atoms with van der Waals surface area (Å²) in [5, 5.41) is 3.91. The van der Waals surface area contributed by atoms with Crippen molar-refractivity contribution < 1.29 is 17.7 Å². The average molecular weight is 469 g/mol. The molecular formula is C24H28N4O4S. The maximum absolute atomic E-state index is 12.9. The number of benzene rings is 2. The van der Waals surface area contributed by atoms with Crippen molar-refractivity contribution in [2.75, 3.05) is 37.5 Å². The Morgan fingerprint density at radius 3 is 2.21 bits per heavy atom. The highest BCUT2D eigenvalue weighted by molar-refractivity contribution is 7.92. The van der Waals surface area contributed by atoms with E-state index in [2.05, 4.69) is 10.1 Å². The van der Waals surface area contributed by atoms with Gasteiger partial charge < -0.3 is 9.42 Å². The average Bonchev–Trinajstić information content (AvgIpc) is 3.23. The smallest absolute Gasteiger partial charge is 0.264 e. The van der Waals surface area contributed by atoms with Gasteiger partial charge in [-0.05, 0) is 50.2 Å². The van der Waals surface area contributed by atoms with Gasteiger partial charge in [-0.1, -0.05) is 22.9 Å². The SMILES string of the molecule is Cc1ccc(S(=O)(=O)N(C)c2ccc(C(=O)N3CCN(Cc4cc(C)no4)CC3)cc2)cc1. The van der Waals surface area contributed by atoms with Gasteiger partial charge >= 0.3 is 0 Å².